The largest absolute Gasteiger partial charge is 0.487 e. The standard InChI is InChI=1S/C38H36ClN5O5/c1-37(2)17-30-35(32(45)19-37)34(36-31(18-38(3,4)20-33(36)46)43(30)27-9-7-24(39)8-10-27)23-5-15-29(16-6-23)49-22-25-21-42(41-40-25)26-11-13-28(14-12-26)44(47)48/h5-16,21,34H,17-20,22H2,1-4H3. The lowest BCUT2D eigenvalue weighted by molar-refractivity contribution is -0.384. The van der Waals surface area contributed by atoms with Gasteiger partial charge in [0.15, 0.2) is 11.6 Å². The van der Waals surface area contributed by atoms with Gasteiger partial charge >= 0.3 is 0 Å². The van der Waals surface area contributed by atoms with E-state index < -0.39 is 10.8 Å². The number of hydrogen-bond donors (Lipinski definition) is 0. The molecular weight excluding hydrogens is 642 g/mol. The van der Waals surface area contributed by atoms with Crippen molar-refractivity contribution in [2.75, 3.05) is 4.90 Å². The van der Waals surface area contributed by atoms with Gasteiger partial charge in [-0.3, -0.25) is 19.7 Å². The van der Waals surface area contributed by atoms with Gasteiger partial charge in [-0.1, -0.05) is 56.6 Å². The number of nitro benzene ring substituents is 1. The minimum atomic E-state index is -0.476. The van der Waals surface area contributed by atoms with E-state index in [9.17, 15) is 19.7 Å². The smallest absolute Gasteiger partial charge is 0.269 e. The highest BCUT2D eigenvalue weighted by Gasteiger charge is 2.49. The Labute approximate surface area is 289 Å². The number of benzene rings is 3. The van der Waals surface area contributed by atoms with E-state index in [0.717, 1.165) is 22.6 Å². The van der Waals surface area contributed by atoms with E-state index in [1.165, 1.54) is 16.8 Å². The zero-order valence-corrected chi connectivity index (χ0v) is 28.5. The molecule has 0 spiro atoms. The highest BCUT2D eigenvalue weighted by molar-refractivity contribution is 6.30. The SMILES string of the molecule is CC1(C)CC(=O)C2=C(C1)N(c1ccc(Cl)cc1)C1=C(C(=O)CC(C)(C)C1)C2c1ccc(OCc2cn(-c3ccc([N+](=O)[O-])cc3)nn2)cc1. The van der Waals surface area contributed by atoms with Gasteiger partial charge in [-0.15, -0.1) is 5.10 Å². The minimum Gasteiger partial charge on any atom is -0.487 e. The minimum absolute atomic E-state index is 0.00334. The molecule has 11 heteroatoms. The van der Waals surface area contributed by atoms with Crippen molar-refractivity contribution in [3.8, 4) is 11.4 Å². The third-order valence-electron chi connectivity index (χ3n) is 9.46. The molecule has 10 nitrogen and oxygen atoms in total. The first-order chi connectivity index (χ1) is 23.3. The zero-order valence-electron chi connectivity index (χ0n) is 27.8. The second-order valence-corrected chi connectivity index (χ2v) is 15.1. The van der Waals surface area contributed by atoms with Gasteiger partial charge in [-0.25, -0.2) is 4.68 Å². The van der Waals surface area contributed by atoms with E-state index in [-0.39, 0.29) is 34.7 Å². The highest BCUT2D eigenvalue weighted by Crippen LogP contribution is 2.55. The predicted molar refractivity (Wildman–Crippen MR) is 186 cm³/mol. The van der Waals surface area contributed by atoms with Crippen LogP contribution >= 0.6 is 11.6 Å². The van der Waals surface area contributed by atoms with E-state index in [0.29, 0.717) is 59.0 Å². The van der Waals surface area contributed by atoms with Gasteiger partial charge in [0, 0.05) is 64.1 Å². The van der Waals surface area contributed by atoms with Crippen molar-refractivity contribution in [3.63, 3.8) is 0 Å². The summed E-state index contributed by atoms with van der Waals surface area (Å²) in [7, 11) is 0. The number of non-ortho nitro benzene ring substituents is 1. The van der Waals surface area contributed by atoms with Gasteiger partial charge in [0.2, 0.25) is 0 Å². The van der Waals surface area contributed by atoms with Crippen molar-refractivity contribution >= 4 is 34.5 Å². The number of carbonyl (C=O) groups is 2. The molecule has 0 N–H and O–H groups in total. The Morgan fingerprint density at radius 3 is 1.92 bits per heavy atom. The third kappa shape index (κ3) is 6.28. The molecule has 0 saturated carbocycles. The van der Waals surface area contributed by atoms with Gasteiger partial charge in [-0.2, -0.15) is 0 Å². The number of carbonyl (C=O) groups excluding carboxylic acids is 2. The summed E-state index contributed by atoms with van der Waals surface area (Å²) in [4.78, 5) is 41.0. The van der Waals surface area contributed by atoms with Gasteiger partial charge in [0.25, 0.3) is 5.69 Å². The number of hydrogen-bond acceptors (Lipinski definition) is 8. The van der Waals surface area contributed by atoms with Gasteiger partial charge in [-0.05, 0) is 77.8 Å². The molecule has 0 saturated heterocycles. The van der Waals surface area contributed by atoms with Crippen LogP contribution in [0, 0.1) is 20.9 Å². The summed E-state index contributed by atoms with van der Waals surface area (Å²) < 4.78 is 7.58. The van der Waals surface area contributed by atoms with Gasteiger partial charge < -0.3 is 9.64 Å². The maximum Gasteiger partial charge on any atom is 0.269 e. The first-order valence-electron chi connectivity index (χ1n) is 16.3. The fourth-order valence-corrected chi connectivity index (χ4v) is 7.46. The number of ether oxygens (including phenoxy) is 1. The number of ketones is 2. The lowest BCUT2D eigenvalue weighted by atomic mass is 9.63. The number of allylic oxidation sites excluding steroid dienone is 4. The molecule has 0 bridgehead atoms. The van der Waals surface area contributed by atoms with Crippen LogP contribution in [0.25, 0.3) is 5.69 Å². The van der Waals surface area contributed by atoms with Crippen molar-refractivity contribution in [1.82, 2.24) is 15.0 Å². The summed E-state index contributed by atoms with van der Waals surface area (Å²) in [5, 5.41) is 19.9. The van der Waals surface area contributed by atoms with Crippen LogP contribution in [0.2, 0.25) is 5.02 Å². The van der Waals surface area contributed by atoms with Crippen LogP contribution in [0.4, 0.5) is 11.4 Å². The van der Waals surface area contributed by atoms with Crippen molar-refractivity contribution in [2.45, 2.75) is 65.9 Å². The molecule has 49 heavy (non-hydrogen) atoms. The Kier molecular flexibility index (Phi) is 8.02. The number of nitro groups is 1. The van der Waals surface area contributed by atoms with Crippen molar-refractivity contribution in [2.24, 2.45) is 10.8 Å². The molecule has 1 aromatic heterocycles. The summed E-state index contributed by atoms with van der Waals surface area (Å²) in [6, 6.07) is 21.3. The third-order valence-corrected chi connectivity index (χ3v) is 9.71. The molecular formula is C38H36ClN5O5. The fourth-order valence-electron chi connectivity index (χ4n) is 7.33. The molecule has 0 fully saturated rings. The lowest BCUT2D eigenvalue weighted by Crippen LogP contribution is -2.44. The number of Topliss-reactive ketones (excluding diaryl/α,β-unsaturated/α-hetero) is 2. The Bertz CT molecular complexity index is 1990. The molecule has 3 aromatic carbocycles. The fraction of sp³-hybridized carbons (Fsp3) is 0.316. The Hall–Kier alpha value is -5.09. The van der Waals surface area contributed by atoms with Crippen LogP contribution in [-0.2, 0) is 16.2 Å². The maximum absolute atomic E-state index is 14.1. The zero-order chi connectivity index (χ0) is 34.7. The van der Waals surface area contributed by atoms with Gasteiger partial charge in [0.1, 0.15) is 18.1 Å². The maximum atomic E-state index is 14.1. The number of halogens is 1. The Balaban J connectivity index is 1.21. The second kappa shape index (κ2) is 12.1. The number of nitrogens with zero attached hydrogens (tertiary/aromatic N) is 5. The summed E-state index contributed by atoms with van der Waals surface area (Å²) in [6.07, 6.45) is 3.90. The second-order valence-electron chi connectivity index (χ2n) is 14.6. The van der Waals surface area contributed by atoms with E-state index in [2.05, 4.69) is 42.9 Å². The number of aromatic nitrogens is 3. The highest BCUT2D eigenvalue weighted by atomic mass is 35.5. The van der Waals surface area contributed by atoms with Crippen LogP contribution in [0.3, 0.4) is 0 Å². The van der Waals surface area contributed by atoms with Crippen molar-refractivity contribution < 1.29 is 19.2 Å². The molecule has 2 aliphatic carbocycles. The monoisotopic (exact) mass is 677 g/mol. The van der Waals surface area contributed by atoms with Crippen molar-refractivity contribution in [3.05, 3.63) is 128 Å². The van der Waals surface area contributed by atoms with Crippen LogP contribution in [0.1, 0.15) is 70.6 Å². The summed E-state index contributed by atoms with van der Waals surface area (Å²) in [5.41, 5.74) is 5.79. The molecule has 0 atom stereocenters. The van der Waals surface area contributed by atoms with Crippen molar-refractivity contribution in [1.29, 1.82) is 0 Å². The molecule has 0 amide bonds. The molecule has 1 aliphatic heterocycles. The molecule has 3 aliphatic rings. The van der Waals surface area contributed by atoms with Crippen LogP contribution < -0.4 is 9.64 Å². The van der Waals surface area contributed by atoms with Crippen LogP contribution in [0.5, 0.6) is 5.75 Å². The summed E-state index contributed by atoms with van der Waals surface area (Å²) >= 11 is 6.29. The number of rotatable bonds is 7. The van der Waals surface area contributed by atoms with E-state index >= 15 is 0 Å². The molecule has 2 heterocycles. The average molecular weight is 678 g/mol. The predicted octanol–water partition coefficient (Wildman–Crippen LogP) is 8.30. The molecule has 250 valence electrons. The molecule has 4 aromatic rings. The van der Waals surface area contributed by atoms with E-state index in [4.69, 9.17) is 16.3 Å². The molecule has 7 rings (SSSR count). The number of anilines is 1. The summed E-state index contributed by atoms with van der Waals surface area (Å²) in [5.74, 6) is 0.255. The average Bonchev–Trinajstić information content (AvgIpc) is 3.52. The van der Waals surface area contributed by atoms with E-state index in [1.54, 1.807) is 18.3 Å². The topological polar surface area (TPSA) is 120 Å². The first kappa shape index (κ1) is 32.5. The van der Waals surface area contributed by atoms with Gasteiger partial charge in [0.05, 0.1) is 16.8 Å². The van der Waals surface area contributed by atoms with Crippen LogP contribution in [-0.4, -0.2) is 31.5 Å². The summed E-state index contributed by atoms with van der Waals surface area (Å²) in [6.45, 7) is 8.65. The molecule has 0 radical (unpaired) electrons. The van der Waals surface area contributed by atoms with Crippen LogP contribution in [0.15, 0.2) is 102 Å². The van der Waals surface area contributed by atoms with E-state index in [1.807, 2.05) is 48.5 Å². The first-order valence-corrected chi connectivity index (χ1v) is 16.6. The Morgan fingerprint density at radius 2 is 1.37 bits per heavy atom. The quantitative estimate of drug-likeness (QED) is 0.142. The lowest BCUT2D eigenvalue weighted by Gasteiger charge is -2.49. The Morgan fingerprint density at radius 1 is 0.816 bits per heavy atom. The normalized spacial score (nSPS) is 18.8. The molecule has 0 unspecified atom stereocenters.